The first-order valence-corrected chi connectivity index (χ1v) is 7.35. The summed E-state index contributed by atoms with van der Waals surface area (Å²) < 4.78 is 39.2. The standard InChI is InChI=1S/C12H17FN2O2S/c1-9-6-11(13)2-3-12(9)18(16,17)15-5-4-10(7-14)8-15/h2-3,6,10H,4-5,7-8,14H2,1H3. The van der Waals surface area contributed by atoms with Gasteiger partial charge in [-0.25, -0.2) is 12.8 Å². The Morgan fingerprint density at radius 1 is 1.50 bits per heavy atom. The van der Waals surface area contributed by atoms with Gasteiger partial charge in [-0.1, -0.05) is 0 Å². The van der Waals surface area contributed by atoms with E-state index in [1.165, 1.54) is 22.5 Å². The lowest BCUT2D eigenvalue weighted by Gasteiger charge is -2.17. The number of hydrogen-bond acceptors (Lipinski definition) is 3. The third-order valence-electron chi connectivity index (χ3n) is 3.34. The monoisotopic (exact) mass is 272 g/mol. The van der Waals surface area contributed by atoms with Crippen LogP contribution in [0.5, 0.6) is 0 Å². The molecule has 0 amide bonds. The van der Waals surface area contributed by atoms with Crippen molar-refractivity contribution in [3.63, 3.8) is 0 Å². The Morgan fingerprint density at radius 2 is 2.22 bits per heavy atom. The summed E-state index contributed by atoms with van der Waals surface area (Å²) >= 11 is 0. The summed E-state index contributed by atoms with van der Waals surface area (Å²) in [7, 11) is -3.52. The zero-order valence-electron chi connectivity index (χ0n) is 10.3. The molecule has 1 unspecified atom stereocenters. The molecule has 0 aliphatic carbocycles. The third-order valence-corrected chi connectivity index (χ3v) is 5.36. The molecule has 2 rings (SSSR count). The number of hydrogen-bond donors (Lipinski definition) is 1. The number of rotatable bonds is 3. The van der Waals surface area contributed by atoms with Crippen LogP contribution in [0.2, 0.25) is 0 Å². The quantitative estimate of drug-likeness (QED) is 0.896. The molecule has 2 N–H and O–H groups in total. The van der Waals surface area contributed by atoms with Gasteiger partial charge in [0.2, 0.25) is 10.0 Å². The minimum absolute atomic E-state index is 0.182. The second kappa shape index (κ2) is 4.95. The van der Waals surface area contributed by atoms with E-state index < -0.39 is 15.8 Å². The van der Waals surface area contributed by atoms with Gasteiger partial charge in [-0.3, -0.25) is 0 Å². The summed E-state index contributed by atoms with van der Waals surface area (Å²) in [5.41, 5.74) is 5.99. The predicted octanol–water partition coefficient (Wildman–Crippen LogP) is 1.10. The molecule has 1 aromatic rings. The van der Waals surface area contributed by atoms with Gasteiger partial charge in [0, 0.05) is 13.1 Å². The first-order valence-electron chi connectivity index (χ1n) is 5.91. The van der Waals surface area contributed by atoms with Crippen LogP contribution in [0.15, 0.2) is 23.1 Å². The second-order valence-electron chi connectivity index (χ2n) is 4.66. The van der Waals surface area contributed by atoms with Gasteiger partial charge in [-0.05, 0) is 49.6 Å². The van der Waals surface area contributed by atoms with E-state index in [4.69, 9.17) is 5.73 Å². The summed E-state index contributed by atoms with van der Waals surface area (Å²) in [4.78, 5) is 0.182. The van der Waals surface area contributed by atoms with Crippen molar-refractivity contribution in [2.75, 3.05) is 19.6 Å². The van der Waals surface area contributed by atoms with Gasteiger partial charge in [-0.2, -0.15) is 4.31 Å². The van der Waals surface area contributed by atoms with Gasteiger partial charge in [0.15, 0.2) is 0 Å². The fraction of sp³-hybridized carbons (Fsp3) is 0.500. The van der Waals surface area contributed by atoms with E-state index in [1.54, 1.807) is 6.92 Å². The molecule has 1 aromatic carbocycles. The van der Waals surface area contributed by atoms with Gasteiger partial charge in [0.05, 0.1) is 4.90 Å². The smallest absolute Gasteiger partial charge is 0.243 e. The van der Waals surface area contributed by atoms with Crippen LogP contribution in [0.3, 0.4) is 0 Å². The van der Waals surface area contributed by atoms with Crippen molar-refractivity contribution in [2.45, 2.75) is 18.2 Å². The minimum Gasteiger partial charge on any atom is -0.330 e. The molecule has 0 radical (unpaired) electrons. The molecule has 4 nitrogen and oxygen atoms in total. The van der Waals surface area contributed by atoms with Crippen molar-refractivity contribution in [3.8, 4) is 0 Å². The molecule has 1 saturated heterocycles. The van der Waals surface area contributed by atoms with E-state index in [2.05, 4.69) is 0 Å². The van der Waals surface area contributed by atoms with Crippen LogP contribution < -0.4 is 5.73 Å². The summed E-state index contributed by atoms with van der Waals surface area (Å²) in [5, 5.41) is 0. The molecular formula is C12H17FN2O2S. The first-order chi connectivity index (χ1) is 8.45. The Morgan fingerprint density at radius 3 is 2.78 bits per heavy atom. The number of nitrogens with two attached hydrogens (primary N) is 1. The summed E-state index contributed by atoms with van der Waals surface area (Å²) in [6.45, 7) is 3.04. The van der Waals surface area contributed by atoms with Crippen molar-refractivity contribution >= 4 is 10.0 Å². The lowest BCUT2D eigenvalue weighted by molar-refractivity contribution is 0.458. The Kier molecular flexibility index (Phi) is 3.70. The normalized spacial score (nSPS) is 21.4. The van der Waals surface area contributed by atoms with Crippen LogP contribution in [-0.4, -0.2) is 32.4 Å². The highest BCUT2D eigenvalue weighted by atomic mass is 32.2. The van der Waals surface area contributed by atoms with Crippen LogP contribution in [0, 0.1) is 18.7 Å². The van der Waals surface area contributed by atoms with Crippen molar-refractivity contribution in [1.82, 2.24) is 4.31 Å². The van der Waals surface area contributed by atoms with Gasteiger partial charge in [-0.15, -0.1) is 0 Å². The third kappa shape index (κ3) is 2.41. The first kappa shape index (κ1) is 13.5. The lowest BCUT2D eigenvalue weighted by Crippen LogP contribution is -2.30. The minimum atomic E-state index is -3.52. The zero-order valence-corrected chi connectivity index (χ0v) is 11.1. The Labute approximate surface area is 107 Å². The van der Waals surface area contributed by atoms with E-state index >= 15 is 0 Å². The molecule has 1 heterocycles. The Bertz CT molecular complexity index is 545. The highest BCUT2D eigenvalue weighted by Crippen LogP contribution is 2.26. The number of sulfonamides is 1. The summed E-state index contributed by atoms with van der Waals surface area (Å²) in [6.07, 6.45) is 0.788. The molecule has 0 bridgehead atoms. The maximum atomic E-state index is 13.0. The molecule has 1 aliphatic rings. The molecule has 1 atom stereocenters. The Hall–Kier alpha value is -0.980. The van der Waals surface area contributed by atoms with E-state index in [1.807, 2.05) is 0 Å². The molecule has 1 fully saturated rings. The molecule has 1 aliphatic heterocycles. The van der Waals surface area contributed by atoms with Gasteiger partial charge >= 0.3 is 0 Å². The number of halogens is 1. The highest BCUT2D eigenvalue weighted by Gasteiger charge is 2.32. The van der Waals surface area contributed by atoms with Crippen LogP contribution in [0.1, 0.15) is 12.0 Å². The molecule has 18 heavy (non-hydrogen) atoms. The van der Waals surface area contributed by atoms with Gasteiger partial charge in [0.1, 0.15) is 5.82 Å². The highest BCUT2D eigenvalue weighted by molar-refractivity contribution is 7.89. The van der Waals surface area contributed by atoms with Crippen molar-refractivity contribution in [2.24, 2.45) is 11.7 Å². The average Bonchev–Trinajstić information content (AvgIpc) is 2.77. The molecule has 100 valence electrons. The molecule has 0 aromatic heterocycles. The van der Waals surface area contributed by atoms with E-state index in [0.717, 1.165) is 6.42 Å². The summed E-state index contributed by atoms with van der Waals surface area (Å²) in [5.74, 6) is -0.201. The SMILES string of the molecule is Cc1cc(F)ccc1S(=O)(=O)N1CCC(CN)C1. The fourth-order valence-corrected chi connectivity index (χ4v) is 3.99. The summed E-state index contributed by atoms with van der Waals surface area (Å²) in [6, 6.07) is 3.75. The van der Waals surface area contributed by atoms with Crippen molar-refractivity contribution < 1.29 is 12.8 Å². The van der Waals surface area contributed by atoms with Crippen molar-refractivity contribution in [3.05, 3.63) is 29.6 Å². The van der Waals surface area contributed by atoms with E-state index in [-0.39, 0.29) is 10.8 Å². The van der Waals surface area contributed by atoms with Gasteiger partial charge in [0.25, 0.3) is 0 Å². The lowest BCUT2D eigenvalue weighted by atomic mass is 10.1. The van der Waals surface area contributed by atoms with Crippen molar-refractivity contribution in [1.29, 1.82) is 0 Å². The average molecular weight is 272 g/mol. The predicted molar refractivity (Wildman–Crippen MR) is 67.1 cm³/mol. The molecule has 0 saturated carbocycles. The van der Waals surface area contributed by atoms with Crippen LogP contribution in [0.4, 0.5) is 4.39 Å². The van der Waals surface area contributed by atoms with E-state index in [9.17, 15) is 12.8 Å². The number of nitrogens with zero attached hydrogens (tertiary/aromatic N) is 1. The largest absolute Gasteiger partial charge is 0.330 e. The van der Waals surface area contributed by atoms with E-state index in [0.29, 0.717) is 25.2 Å². The number of aryl methyl sites for hydroxylation is 1. The maximum absolute atomic E-state index is 13.0. The Balaban J connectivity index is 2.31. The molecule has 0 spiro atoms. The van der Waals surface area contributed by atoms with Crippen LogP contribution >= 0.6 is 0 Å². The second-order valence-corrected chi connectivity index (χ2v) is 6.57. The zero-order chi connectivity index (χ0) is 13.3. The molecule has 6 heteroatoms. The van der Waals surface area contributed by atoms with Gasteiger partial charge < -0.3 is 5.73 Å². The fourth-order valence-electron chi connectivity index (χ4n) is 2.25. The maximum Gasteiger partial charge on any atom is 0.243 e. The van der Waals surface area contributed by atoms with Crippen LogP contribution in [-0.2, 0) is 10.0 Å². The topological polar surface area (TPSA) is 63.4 Å². The molecular weight excluding hydrogens is 255 g/mol. The van der Waals surface area contributed by atoms with Crippen LogP contribution in [0.25, 0.3) is 0 Å². The number of benzene rings is 1.